The van der Waals surface area contributed by atoms with E-state index in [-0.39, 0.29) is 5.41 Å². The average Bonchev–Trinajstić information content (AvgIpc) is 3.66. The van der Waals surface area contributed by atoms with Gasteiger partial charge in [0, 0.05) is 22.1 Å². The van der Waals surface area contributed by atoms with Gasteiger partial charge in [0.15, 0.2) is 17.5 Å². The van der Waals surface area contributed by atoms with E-state index in [9.17, 15) is 0 Å². The summed E-state index contributed by atoms with van der Waals surface area (Å²) in [4.78, 5) is 15.4. The molecule has 0 amide bonds. The van der Waals surface area contributed by atoms with Gasteiger partial charge in [-0.1, -0.05) is 184 Å². The maximum atomic E-state index is 5.19. The van der Waals surface area contributed by atoms with Gasteiger partial charge in [-0.2, -0.15) is 0 Å². The topological polar surface area (TPSA) is 38.7 Å². The van der Waals surface area contributed by atoms with Gasteiger partial charge in [-0.3, -0.25) is 0 Å². The number of hydrogen-bond acceptors (Lipinski definition) is 3. The summed E-state index contributed by atoms with van der Waals surface area (Å²) < 4.78 is 0. The molecule has 73 heavy (non-hydrogen) atoms. The van der Waals surface area contributed by atoms with Crippen molar-refractivity contribution >= 4 is 60.8 Å². The van der Waals surface area contributed by atoms with Crippen molar-refractivity contribution in [1.82, 2.24) is 15.0 Å². The van der Waals surface area contributed by atoms with Crippen LogP contribution in [0.4, 0.5) is 0 Å². The van der Waals surface area contributed by atoms with Crippen LogP contribution in [0.15, 0.2) is 188 Å². The molecule has 11 aromatic rings. The molecule has 0 bridgehead atoms. The molecule has 1 heterocycles. The fourth-order valence-corrected chi connectivity index (χ4v) is 13.6. The lowest BCUT2D eigenvalue weighted by molar-refractivity contribution is 0.661. The predicted molar refractivity (Wildman–Crippen MR) is 305 cm³/mol. The number of fused-ring (bicyclic) bond motifs is 5. The Morgan fingerprint density at radius 1 is 0.397 bits per heavy atom. The van der Waals surface area contributed by atoms with Gasteiger partial charge < -0.3 is 0 Å². The lowest BCUT2D eigenvalue weighted by Gasteiger charge is -2.28. The summed E-state index contributed by atoms with van der Waals surface area (Å²) >= 11 is 0. The van der Waals surface area contributed by atoms with E-state index in [0.29, 0.717) is 17.5 Å². The minimum Gasteiger partial charge on any atom is -0.208 e. The third-order valence-electron chi connectivity index (χ3n) is 16.9. The first-order chi connectivity index (χ1) is 35.9. The molecule has 3 nitrogen and oxygen atoms in total. The lowest BCUT2D eigenvalue weighted by atomic mass is 9.75. The van der Waals surface area contributed by atoms with Crippen molar-refractivity contribution in [2.24, 2.45) is 0 Å². The monoisotopic (exact) mass is 929 g/mol. The van der Waals surface area contributed by atoms with E-state index in [1.165, 1.54) is 132 Å². The lowest BCUT2D eigenvalue weighted by Crippen LogP contribution is -2.15. The fourth-order valence-electron chi connectivity index (χ4n) is 13.6. The van der Waals surface area contributed by atoms with Gasteiger partial charge in [0.2, 0.25) is 0 Å². The Kier molecular flexibility index (Phi) is 8.47. The van der Waals surface area contributed by atoms with Gasteiger partial charge in [-0.25, -0.2) is 15.0 Å². The number of hydrogen-bond donors (Lipinski definition) is 0. The number of benzene rings is 10. The van der Waals surface area contributed by atoms with Crippen molar-refractivity contribution in [3.63, 3.8) is 0 Å². The Balaban J connectivity index is 0.994. The minimum atomic E-state index is -0.343. The Morgan fingerprint density at radius 3 is 1.78 bits per heavy atom. The van der Waals surface area contributed by atoms with Gasteiger partial charge in [0.25, 0.3) is 0 Å². The highest BCUT2D eigenvalue weighted by Gasteiger charge is 2.38. The van der Waals surface area contributed by atoms with E-state index >= 15 is 0 Å². The van der Waals surface area contributed by atoms with Crippen molar-refractivity contribution in [3.05, 3.63) is 238 Å². The van der Waals surface area contributed by atoms with Crippen LogP contribution < -0.4 is 0 Å². The zero-order valence-electron chi connectivity index (χ0n) is 40.7. The second-order valence-corrected chi connectivity index (χ2v) is 21.2. The summed E-state index contributed by atoms with van der Waals surface area (Å²) in [7, 11) is 0. The highest BCUT2D eigenvalue weighted by atomic mass is 15.0. The Labute approximate surface area is 424 Å². The molecule has 0 saturated heterocycles. The average molecular weight is 930 g/mol. The molecular weight excluding hydrogens is 883 g/mol. The van der Waals surface area contributed by atoms with E-state index in [1.807, 2.05) is 36.4 Å². The molecule has 0 radical (unpaired) electrons. The van der Waals surface area contributed by atoms with Crippen molar-refractivity contribution in [2.75, 3.05) is 0 Å². The third kappa shape index (κ3) is 5.85. The quantitative estimate of drug-likeness (QED) is 0.161. The summed E-state index contributed by atoms with van der Waals surface area (Å²) in [5, 5.41) is 10.7. The zero-order valence-corrected chi connectivity index (χ0v) is 40.7. The van der Waals surface area contributed by atoms with Crippen LogP contribution >= 0.6 is 0 Å². The first kappa shape index (κ1) is 40.9. The molecule has 10 aromatic carbocycles. The molecule has 5 aliphatic carbocycles. The second-order valence-electron chi connectivity index (χ2n) is 21.2. The predicted octanol–water partition coefficient (Wildman–Crippen LogP) is 17.3. The molecule has 5 aliphatic rings. The van der Waals surface area contributed by atoms with E-state index in [4.69, 9.17) is 15.0 Å². The smallest absolute Gasteiger partial charge is 0.164 e. The summed E-state index contributed by atoms with van der Waals surface area (Å²) in [6, 6.07) is 58.7. The van der Waals surface area contributed by atoms with Crippen molar-refractivity contribution in [2.45, 2.75) is 44.9 Å². The van der Waals surface area contributed by atoms with Crippen LogP contribution in [0.2, 0.25) is 0 Å². The Morgan fingerprint density at radius 2 is 1.03 bits per heavy atom. The molecule has 0 atom stereocenters. The van der Waals surface area contributed by atoms with Crippen LogP contribution in [0.5, 0.6) is 0 Å². The standard InChI is InChI=1S/C70H47N3/c1-70(2)59-37-48(69-72-67(44-15-5-3-6-16-44)71-68(73-69)45-17-7-4-8-18-45)33-34-49(59)54-38-57-58(39-60(54)70)66(56-36-47-24-12-20-41-30-32-43-22-14-28-53(56)64(43)62(41)47)51-26-10-9-25-50(51)65(57)55-35-46-23-11-19-40-29-31-42-21-13-27-52(55)63(42)61(40)46/h3-18,20,22-27,29,31-39H,19,21,28,30H2,1-2H3. The molecule has 342 valence electrons. The van der Waals surface area contributed by atoms with Crippen molar-refractivity contribution in [3.8, 4) is 67.5 Å². The number of rotatable bonds is 5. The van der Waals surface area contributed by atoms with E-state index in [2.05, 4.69) is 178 Å². The Hall–Kier alpha value is -8.79. The van der Waals surface area contributed by atoms with Gasteiger partial charge in [0.05, 0.1) is 0 Å². The minimum absolute atomic E-state index is 0.343. The molecule has 0 fully saturated rings. The van der Waals surface area contributed by atoms with Crippen LogP contribution in [0.25, 0.3) is 128 Å². The largest absolute Gasteiger partial charge is 0.208 e. The van der Waals surface area contributed by atoms with Crippen LogP contribution in [0, 0.1) is 0 Å². The van der Waals surface area contributed by atoms with E-state index in [0.717, 1.165) is 42.4 Å². The molecular formula is C70H47N3. The van der Waals surface area contributed by atoms with Crippen LogP contribution in [-0.2, 0) is 31.1 Å². The van der Waals surface area contributed by atoms with Crippen molar-refractivity contribution in [1.29, 1.82) is 0 Å². The number of allylic oxidation sites excluding steroid dienone is 6. The van der Waals surface area contributed by atoms with Crippen LogP contribution in [0.1, 0.15) is 63.9 Å². The summed E-state index contributed by atoms with van der Waals surface area (Å²) in [5.41, 5.74) is 24.1. The van der Waals surface area contributed by atoms with Crippen molar-refractivity contribution < 1.29 is 0 Å². The van der Waals surface area contributed by atoms with E-state index in [1.54, 1.807) is 0 Å². The molecule has 0 aliphatic heterocycles. The molecule has 3 heteroatoms. The third-order valence-corrected chi connectivity index (χ3v) is 16.9. The SMILES string of the molecule is CC1(C)c2cc(-c3nc(-c4ccccc4)nc(-c4ccccc4)n3)ccc2-c2cc3c(-c4cc5c6c(ccc7c6c4C=CC7)CC=C5)c4ccccc4c(-c4cc5cccc6c5c5c4CC=CC5=CC6)c3cc21. The van der Waals surface area contributed by atoms with Gasteiger partial charge >= 0.3 is 0 Å². The number of nitrogens with zero attached hydrogens (tertiary/aromatic N) is 3. The van der Waals surface area contributed by atoms with Gasteiger partial charge in [-0.15, -0.1) is 0 Å². The second kappa shape index (κ2) is 15.1. The zero-order chi connectivity index (χ0) is 48.1. The van der Waals surface area contributed by atoms with Gasteiger partial charge in [-0.05, 0) is 188 Å². The van der Waals surface area contributed by atoms with Crippen LogP contribution in [0.3, 0.4) is 0 Å². The number of aromatic nitrogens is 3. The van der Waals surface area contributed by atoms with E-state index < -0.39 is 0 Å². The highest BCUT2D eigenvalue weighted by molar-refractivity contribution is 6.25. The molecule has 0 spiro atoms. The fraction of sp³-hybridized carbons (Fsp3) is 0.100. The highest BCUT2D eigenvalue weighted by Crippen LogP contribution is 2.56. The molecule has 0 unspecified atom stereocenters. The van der Waals surface area contributed by atoms with Gasteiger partial charge in [0.1, 0.15) is 0 Å². The maximum absolute atomic E-state index is 5.19. The molecule has 0 saturated carbocycles. The molecule has 1 aromatic heterocycles. The summed E-state index contributed by atoms with van der Waals surface area (Å²) in [5.74, 6) is 2.00. The molecule has 0 N–H and O–H groups in total. The Bertz CT molecular complexity index is 4370. The maximum Gasteiger partial charge on any atom is 0.164 e. The normalized spacial score (nSPS) is 15.1. The van der Waals surface area contributed by atoms with Crippen LogP contribution in [-0.4, -0.2) is 15.0 Å². The summed E-state index contributed by atoms with van der Waals surface area (Å²) in [6.07, 6.45) is 20.5. The summed E-state index contributed by atoms with van der Waals surface area (Å²) in [6.45, 7) is 4.82. The first-order valence-corrected chi connectivity index (χ1v) is 25.9. The molecule has 16 rings (SSSR count). The first-order valence-electron chi connectivity index (χ1n) is 25.9.